The molecule has 0 spiro atoms. The Bertz CT molecular complexity index is 569. The monoisotopic (exact) mass is 275 g/mol. The normalized spacial score (nSPS) is 17.5. The van der Waals surface area contributed by atoms with Crippen molar-refractivity contribution in [3.05, 3.63) is 23.8 Å². The summed E-state index contributed by atoms with van der Waals surface area (Å²) >= 11 is 0. The fourth-order valence-corrected chi connectivity index (χ4v) is 2.06. The van der Waals surface area contributed by atoms with Gasteiger partial charge in [-0.15, -0.1) is 0 Å². The van der Waals surface area contributed by atoms with E-state index in [1.54, 1.807) is 12.1 Å². The molecule has 2 rings (SSSR count). The SMILES string of the molecule is CC(=O)Nc1ccc(C)c(NC(=O)C2CNC(=O)C2)c1. The third kappa shape index (κ3) is 3.34. The number of hydrogen-bond donors (Lipinski definition) is 3. The number of carbonyl (C=O) groups excluding carboxylic acids is 3. The topological polar surface area (TPSA) is 87.3 Å². The lowest BCUT2D eigenvalue weighted by Gasteiger charge is -2.13. The van der Waals surface area contributed by atoms with Gasteiger partial charge in [-0.3, -0.25) is 14.4 Å². The van der Waals surface area contributed by atoms with Crippen LogP contribution >= 0.6 is 0 Å². The van der Waals surface area contributed by atoms with Gasteiger partial charge < -0.3 is 16.0 Å². The smallest absolute Gasteiger partial charge is 0.229 e. The zero-order valence-corrected chi connectivity index (χ0v) is 11.4. The van der Waals surface area contributed by atoms with E-state index in [1.165, 1.54) is 6.92 Å². The summed E-state index contributed by atoms with van der Waals surface area (Å²) in [5.74, 6) is -0.802. The van der Waals surface area contributed by atoms with Gasteiger partial charge in [0, 0.05) is 31.3 Å². The second kappa shape index (κ2) is 5.73. The molecule has 1 saturated heterocycles. The van der Waals surface area contributed by atoms with Gasteiger partial charge >= 0.3 is 0 Å². The molecule has 0 radical (unpaired) electrons. The van der Waals surface area contributed by atoms with Gasteiger partial charge in [0.25, 0.3) is 0 Å². The molecule has 6 heteroatoms. The number of nitrogens with one attached hydrogen (secondary N) is 3. The Morgan fingerprint density at radius 3 is 2.65 bits per heavy atom. The highest BCUT2D eigenvalue weighted by Crippen LogP contribution is 2.22. The number of benzene rings is 1. The molecular formula is C14H17N3O3. The van der Waals surface area contributed by atoms with Crippen LogP contribution in [0.5, 0.6) is 0 Å². The molecule has 0 bridgehead atoms. The highest BCUT2D eigenvalue weighted by molar-refractivity contribution is 5.98. The predicted octanol–water partition coefficient (Wildman–Crippen LogP) is 1.03. The first-order valence-electron chi connectivity index (χ1n) is 6.41. The van der Waals surface area contributed by atoms with Crippen molar-refractivity contribution in [1.29, 1.82) is 0 Å². The summed E-state index contributed by atoms with van der Waals surface area (Å²) in [6, 6.07) is 5.30. The molecule has 20 heavy (non-hydrogen) atoms. The van der Waals surface area contributed by atoms with Crippen LogP contribution < -0.4 is 16.0 Å². The summed E-state index contributed by atoms with van der Waals surface area (Å²) in [4.78, 5) is 34.2. The summed E-state index contributed by atoms with van der Waals surface area (Å²) in [6.45, 7) is 3.66. The van der Waals surface area contributed by atoms with E-state index in [4.69, 9.17) is 0 Å². The molecule has 1 aromatic rings. The van der Waals surface area contributed by atoms with E-state index >= 15 is 0 Å². The van der Waals surface area contributed by atoms with Crippen LogP contribution in [0.1, 0.15) is 18.9 Å². The molecule has 1 atom stereocenters. The lowest BCUT2D eigenvalue weighted by molar-refractivity contribution is -0.123. The fourth-order valence-electron chi connectivity index (χ4n) is 2.06. The number of aryl methyl sites for hydroxylation is 1. The van der Waals surface area contributed by atoms with Crippen molar-refractivity contribution in [3.63, 3.8) is 0 Å². The summed E-state index contributed by atoms with van der Waals surface area (Å²) in [7, 11) is 0. The van der Waals surface area contributed by atoms with E-state index in [2.05, 4.69) is 16.0 Å². The van der Waals surface area contributed by atoms with E-state index in [0.29, 0.717) is 17.9 Å². The molecule has 3 N–H and O–H groups in total. The molecule has 6 nitrogen and oxygen atoms in total. The minimum Gasteiger partial charge on any atom is -0.355 e. The molecular weight excluding hydrogens is 258 g/mol. The largest absolute Gasteiger partial charge is 0.355 e. The quantitative estimate of drug-likeness (QED) is 0.770. The minimum atomic E-state index is -0.341. The maximum atomic E-state index is 12.1. The maximum absolute atomic E-state index is 12.1. The first kappa shape index (κ1) is 14.0. The third-order valence-electron chi connectivity index (χ3n) is 3.16. The summed E-state index contributed by atoms with van der Waals surface area (Å²) in [5, 5.41) is 8.10. The van der Waals surface area contributed by atoms with Crippen molar-refractivity contribution in [2.45, 2.75) is 20.3 Å². The van der Waals surface area contributed by atoms with Gasteiger partial charge in [0.1, 0.15) is 0 Å². The summed E-state index contributed by atoms with van der Waals surface area (Å²) in [6.07, 6.45) is 0.219. The predicted molar refractivity (Wildman–Crippen MR) is 75.2 cm³/mol. The van der Waals surface area contributed by atoms with Crippen LogP contribution in [0.2, 0.25) is 0 Å². The van der Waals surface area contributed by atoms with Crippen molar-refractivity contribution in [2.24, 2.45) is 5.92 Å². The lowest BCUT2D eigenvalue weighted by atomic mass is 10.1. The van der Waals surface area contributed by atoms with Crippen molar-refractivity contribution >= 4 is 29.1 Å². The van der Waals surface area contributed by atoms with E-state index in [0.717, 1.165) is 5.56 Å². The number of hydrogen-bond acceptors (Lipinski definition) is 3. The average molecular weight is 275 g/mol. The Morgan fingerprint density at radius 2 is 2.05 bits per heavy atom. The Kier molecular flexibility index (Phi) is 4.02. The van der Waals surface area contributed by atoms with Crippen molar-refractivity contribution in [1.82, 2.24) is 5.32 Å². The molecule has 3 amide bonds. The highest BCUT2D eigenvalue weighted by Gasteiger charge is 2.28. The van der Waals surface area contributed by atoms with Gasteiger partial charge in [-0.1, -0.05) is 6.07 Å². The van der Waals surface area contributed by atoms with Crippen LogP contribution in [0.4, 0.5) is 11.4 Å². The van der Waals surface area contributed by atoms with Crippen molar-refractivity contribution in [2.75, 3.05) is 17.2 Å². The second-order valence-corrected chi connectivity index (χ2v) is 4.91. The zero-order chi connectivity index (χ0) is 14.7. The molecule has 1 fully saturated rings. The van der Waals surface area contributed by atoms with Gasteiger partial charge in [-0.05, 0) is 24.6 Å². The fraction of sp³-hybridized carbons (Fsp3) is 0.357. The van der Waals surface area contributed by atoms with Gasteiger partial charge in [-0.25, -0.2) is 0 Å². The summed E-state index contributed by atoms with van der Waals surface area (Å²) in [5.41, 5.74) is 2.16. The van der Waals surface area contributed by atoms with E-state index in [-0.39, 0.29) is 30.1 Å². The lowest BCUT2D eigenvalue weighted by Crippen LogP contribution is -2.25. The number of amides is 3. The molecule has 1 unspecified atom stereocenters. The summed E-state index contributed by atoms with van der Waals surface area (Å²) < 4.78 is 0. The van der Waals surface area contributed by atoms with Crippen LogP contribution in [0.25, 0.3) is 0 Å². The molecule has 0 aromatic heterocycles. The molecule has 1 aliphatic heterocycles. The molecule has 0 aliphatic carbocycles. The van der Waals surface area contributed by atoms with E-state index in [1.807, 2.05) is 13.0 Å². The Balaban J connectivity index is 2.09. The second-order valence-electron chi connectivity index (χ2n) is 4.91. The van der Waals surface area contributed by atoms with Crippen LogP contribution in [-0.2, 0) is 14.4 Å². The van der Waals surface area contributed by atoms with Gasteiger partial charge in [0.05, 0.1) is 5.92 Å². The number of anilines is 2. The number of carbonyl (C=O) groups is 3. The van der Waals surface area contributed by atoms with Crippen LogP contribution in [0.3, 0.4) is 0 Å². The highest BCUT2D eigenvalue weighted by atomic mass is 16.2. The van der Waals surface area contributed by atoms with Crippen LogP contribution in [-0.4, -0.2) is 24.3 Å². The van der Waals surface area contributed by atoms with Gasteiger partial charge in [-0.2, -0.15) is 0 Å². The van der Waals surface area contributed by atoms with Crippen molar-refractivity contribution < 1.29 is 14.4 Å². The van der Waals surface area contributed by atoms with Gasteiger partial charge in [0.15, 0.2) is 0 Å². The Hall–Kier alpha value is -2.37. The Morgan fingerprint density at radius 1 is 1.30 bits per heavy atom. The maximum Gasteiger partial charge on any atom is 0.229 e. The Labute approximate surface area is 116 Å². The minimum absolute atomic E-state index is 0.103. The molecule has 1 heterocycles. The first-order chi connectivity index (χ1) is 9.45. The molecule has 1 aliphatic rings. The standard InChI is InChI=1S/C14H17N3O3/c1-8-3-4-11(16-9(2)18)6-12(8)17-14(20)10-5-13(19)15-7-10/h3-4,6,10H,5,7H2,1-2H3,(H,15,19)(H,16,18)(H,17,20). The molecule has 106 valence electrons. The first-order valence-corrected chi connectivity index (χ1v) is 6.41. The van der Waals surface area contributed by atoms with Crippen LogP contribution in [0.15, 0.2) is 18.2 Å². The van der Waals surface area contributed by atoms with Crippen LogP contribution in [0, 0.1) is 12.8 Å². The third-order valence-corrected chi connectivity index (χ3v) is 3.16. The number of rotatable bonds is 3. The average Bonchev–Trinajstić information content (AvgIpc) is 2.79. The zero-order valence-electron chi connectivity index (χ0n) is 11.4. The van der Waals surface area contributed by atoms with Crippen molar-refractivity contribution in [3.8, 4) is 0 Å². The molecule has 0 saturated carbocycles. The molecule has 1 aromatic carbocycles. The van der Waals surface area contributed by atoms with E-state index < -0.39 is 0 Å². The van der Waals surface area contributed by atoms with E-state index in [9.17, 15) is 14.4 Å². The van der Waals surface area contributed by atoms with Gasteiger partial charge in [0.2, 0.25) is 17.7 Å².